The second-order valence-electron chi connectivity index (χ2n) is 8.45. The number of amides is 4. The summed E-state index contributed by atoms with van der Waals surface area (Å²) in [6, 6.07) is 8.71. The molecule has 0 bridgehead atoms. The molecule has 3 aliphatic heterocycles. The Balaban J connectivity index is 1.30. The van der Waals surface area contributed by atoms with Gasteiger partial charge in [0, 0.05) is 35.8 Å². The standard InChI is InChI=1S/C24H23N3O4S/c1-14-2-6-20(32-14)16-8-10-26(11-9-16)13-15-3-4-17-18(12-15)24(31)27(23(17)30)19-5-7-21(28)25-22(19)29/h2-4,6,8,12,19H,5,7,9-11,13H2,1H3,(H,25,28,29). The van der Waals surface area contributed by atoms with Crippen LogP contribution < -0.4 is 5.32 Å². The Bertz CT molecular complexity index is 1180. The van der Waals surface area contributed by atoms with Gasteiger partial charge in [0.2, 0.25) is 11.8 Å². The smallest absolute Gasteiger partial charge is 0.262 e. The Morgan fingerprint density at radius 1 is 1.03 bits per heavy atom. The topological polar surface area (TPSA) is 86.8 Å². The van der Waals surface area contributed by atoms with Crippen LogP contribution in [0.4, 0.5) is 0 Å². The van der Waals surface area contributed by atoms with Crippen molar-refractivity contribution in [1.29, 1.82) is 0 Å². The summed E-state index contributed by atoms with van der Waals surface area (Å²) in [5, 5.41) is 2.22. The number of carbonyl (C=O) groups excluding carboxylic acids is 4. The molecule has 5 rings (SSSR count). The highest BCUT2D eigenvalue weighted by Gasteiger charge is 2.44. The zero-order chi connectivity index (χ0) is 22.4. The van der Waals surface area contributed by atoms with Crippen molar-refractivity contribution in [3.63, 3.8) is 0 Å². The number of aryl methyl sites for hydroxylation is 1. The molecule has 0 radical (unpaired) electrons. The summed E-state index contributed by atoms with van der Waals surface area (Å²) < 4.78 is 0. The van der Waals surface area contributed by atoms with Gasteiger partial charge in [-0.05, 0) is 55.2 Å². The number of nitrogens with zero attached hydrogens (tertiary/aromatic N) is 2. The Morgan fingerprint density at radius 2 is 1.84 bits per heavy atom. The third kappa shape index (κ3) is 3.69. The summed E-state index contributed by atoms with van der Waals surface area (Å²) in [6.07, 6.45) is 3.52. The van der Waals surface area contributed by atoms with Crippen LogP contribution in [0.3, 0.4) is 0 Å². The lowest BCUT2D eigenvalue weighted by atomic mass is 10.0. The van der Waals surface area contributed by atoms with Crippen LogP contribution in [0.15, 0.2) is 36.4 Å². The first-order valence-electron chi connectivity index (χ1n) is 10.7. The summed E-state index contributed by atoms with van der Waals surface area (Å²) in [4.78, 5) is 55.4. The molecule has 0 spiro atoms. The highest BCUT2D eigenvalue weighted by atomic mass is 32.1. The van der Waals surface area contributed by atoms with E-state index in [0.717, 1.165) is 30.0 Å². The molecule has 8 heteroatoms. The van der Waals surface area contributed by atoms with E-state index < -0.39 is 23.8 Å². The van der Waals surface area contributed by atoms with Gasteiger partial charge in [-0.1, -0.05) is 12.1 Å². The lowest BCUT2D eigenvalue weighted by molar-refractivity contribution is -0.136. The first-order chi connectivity index (χ1) is 15.4. The van der Waals surface area contributed by atoms with Crippen molar-refractivity contribution < 1.29 is 19.2 Å². The van der Waals surface area contributed by atoms with Crippen molar-refractivity contribution in [3.05, 3.63) is 62.9 Å². The van der Waals surface area contributed by atoms with Gasteiger partial charge in [-0.3, -0.25) is 34.3 Å². The lowest BCUT2D eigenvalue weighted by Gasteiger charge is -2.27. The van der Waals surface area contributed by atoms with Gasteiger partial charge in [0.15, 0.2) is 0 Å². The van der Waals surface area contributed by atoms with E-state index >= 15 is 0 Å². The fourth-order valence-electron chi connectivity index (χ4n) is 4.56. The van der Waals surface area contributed by atoms with Gasteiger partial charge >= 0.3 is 0 Å². The van der Waals surface area contributed by atoms with E-state index in [9.17, 15) is 19.2 Å². The molecule has 1 N–H and O–H groups in total. The summed E-state index contributed by atoms with van der Waals surface area (Å²) >= 11 is 1.82. The Labute approximate surface area is 189 Å². The lowest BCUT2D eigenvalue weighted by Crippen LogP contribution is -2.54. The van der Waals surface area contributed by atoms with Crippen LogP contribution in [0.1, 0.15) is 55.3 Å². The number of thiophene rings is 1. The molecule has 4 amide bonds. The first-order valence-corrected chi connectivity index (χ1v) is 11.5. The molecule has 0 saturated carbocycles. The average Bonchev–Trinajstić information content (AvgIpc) is 3.31. The van der Waals surface area contributed by atoms with Crippen LogP contribution in [-0.2, 0) is 16.1 Å². The fourth-order valence-corrected chi connectivity index (χ4v) is 5.50. The van der Waals surface area contributed by atoms with Gasteiger partial charge in [0.25, 0.3) is 11.8 Å². The van der Waals surface area contributed by atoms with Crippen molar-refractivity contribution in [2.75, 3.05) is 13.1 Å². The molecule has 0 aliphatic carbocycles. The molecule has 1 aromatic carbocycles. The van der Waals surface area contributed by atoms with Gasteiger partial charge in [-0.25, -0.2) is 0 Å². The molecule has 4 heterocycles. The third-order valence-corrected chi connectivity index (χ3v) is 7.34. The van der Waals surface area contributed by atoms with Gasteiger partial charge in [-0.15, -0.1) is 11.3 Å². The zero-order valence-corrected chi connectivity index (χ0v) is 18.5. The van der Waals surface area contributed by atoms with Crippen LogP contribution in [0.5, 0.6) is 0 Å². The van der Waals surface area contributed by atoms with Crippen molar-refractivity contribution in [2.45, 2.75) is 38.8 Å². The molecule has 32 heavy (non-hydrogen) atoms. The maximum Gasteiger partial charge on any atom is 0.262 e. The van der Waals surface area contributed by atoms with Crippen molar-refractivity contribution in [2.24, 2.45) is 0 Å². The van der Waals surface area contributed by atoms with E-state index in [0.29, 0.717) is 17.7 Å². The normalized spacial score (nSPS) is 21.6. The minimum Gasteiger partial charge on any atom is -0.295 e. The molecule has 1 unspecified atom stereocenters. The Hall–Kier alpha value is -3.10. The Morgan fingerprint density at radius 3 is 2.53 bits per heavy atom. The van der Waals surface area contributed by atoms with Gasteiger partial charge in [-0.2, -0.15) is 0 Å². The van der Waals surface area contributed by atoms with E-state index in [-0.39, 0.29) is 18.7 Å². The first kappa shape index (κ1) is 20.8. The number of benzene rings is 1. The maximum absolute atomic E-state index is 13.0. The van der Waals surface area contributed by atoms with Crippen LogP contribution in [0.2, 0.25) is 0 Å². The van der Waals surface area contributed by atoms with Crippen LogP contribution in [0.25, 0.3) is 5.57 Å². The van der Waals surface area contributed by atoms with Crippen molar-refractivity contribution in [1.82, 2.24) is 15.1 Å². The second kappa shape index (κ2) is 8.11. The maximum atomic E-state index is 13.0. The minimum absolute atomic E-state index is 0.116. The molecule has 1 fully saturated rings. The molecule has 1 saturated heterocycles. The quantitative estimate of drug-likeness (QED) is 0.726. The molecule has 2 aromatic rings. The Kier molecular flexibility index (Phi) is 5.27. The van der Waals surface area contributed by atoms with E-state index in [2.05, 4.69) is 35.3 Å². The molecule has 7 nitrogen and oxygen atoms in total. The number of imide groups is 2. The van der Waals surface area contributed by atoms with Crippen molar-refractivity contribution >= 4 is 40.5 Å². The number of nitrogens with one attached hydrogen (secondary N) is 1. The molecule has 1 aromatic heterocycles. The monoisotopic (exact) mass is 449 g/mol. The van der Waals surface area contributed by atoms with Gasteiger partial charge < -0.3 is 0 Å². The summed E-state index contributed by atoms with van der Waals surface area (Å²) in [5.74, 6) is -1.90. The molecular weight excluding hydrogens is 426 g/mol. The third-order valence-electron chi connectivity index (χ3n) is 6.26. The van der Waals surface area contributed by atoms with Gasteiger partial charge in [0.05, 0.1) is 11.1 Å². The summed E-state index contributed by atoms with van der Waals surface area (Å²) in [6.45, 7) is 4.55. The predicted octanol–water partition coefficient (Wildman–Crippen LogP) is 2.75. The second-order valence-corrected chi connectivity index (χ2v) is 9.74. The van der Waals surface area contributed by atoms with Gasteiger partial charge in [0.1, 0.15) is 6.04 Å². The number of fused-ring (bicyclic) bond motifs is 1. The highest BCUT2D eigenvalue weighted by Crippen LogP contribution is 2.31. The largest absolute Gasteiger partial charge is 0.295 e. The van der Waals surface area contributed by atoms with E-state index in [1.54, 1.807) is 12.1 Å². The zero-order valence-electron chi connectivity index (χ0n) is 17.7. The molecule has 164 valence electrons. The molecule has 3 aliphatic rings. The predicted molar refractivity (Wildman–Crippen MR) is 120 cm³/mol. The number of hydrogen-bond donors (Lipinski definition) is 1. The highest BCUT2D eigenvalue weighted by molar-refractivity contribution is 7.13. The number of hydrogen-bond acceptors (Lipinski definition) is 6. The van der Waals surface area contributed by atoms with Crippen LogP contribution >= 0.6 is 11.3 Å². The summed E-state index contributed by atoms with van der Waals surface area (Å²) in [7, 11) is 0. The number of rotatable bonds is 4. The van der Waals surface area contributed by atoms with Crippen molar-refractivity contribution in [3.8, 4) is 0 Å². The summed E-state index contributed by atoms with van der Waals surface area (Å²) in [5.41, 5.74) is 2.99. The van der Waals surface area contributed by atoms with E-state index in [4.69, 9.17) is 0 Å². The number of piperidine rings is 1. The van der Waals surface area contributed by atoms with Crippen LogP contribution in [0, 0.1) is 6.92 Å². The SMILES string of the molecule is Cc1ccc(C2=CCN(Cc3ccc4c(c3)C(=O)N(C3CCC(=O)NC3=O)C4=O)CC2)s1. The molecule has 1 atom stereocenters. The van der Waals surface area contributed by atoms with E-state index in [1.807, 2.05) is 17.4 Å². The number of carbonyl (C=O) groups is 4. The van der Waals surface area contributed by atoms with Crippen LogP contribution in [-0.4, -0.2) is 52.6 Å². The minimum atomic E-state index is -0.935. The molecular formula is C24H23N3O4S. The average molecular weight is 450 g/mol. The van der Waals surface area contributed by atoms with E-state index in [1.165, 1.54) is 15.3 Å². The fraction of sp³-hybridized carbons (Fsp3) is 0.333.